The number of aromatic hydroxyl groups is 1. The minimum atomic E-state index is -0.343. The van der Waals surface area contributed by atoms with Gasteiger partial charge in [0.15, 0.2) is 11.5 Å². The topological polar surface area (TPSA) is 67.6 Å². The SMILES string of the molecule is Cn1cc(C[C@@H]2CCN(C(=O)c3ccc4c(c3O)OC(C)(C)C4)C2)cn1. The molecular weight excluding hydrogens is 330 g/mol. The van der Waals surface area contributed by atoms with Gasteiger partial charge in [-0.25, -0.2) is 0 Å². The number of aromatic nitrogens is 2. The van der Waals surface area contributed by atoms with E-state index in [0.29, 0.717) is 30.3 Å². The number of nitrogens with zero attached hydrogens (tertiary/aromatic N) is 3. The highest BCUT2D eigenvalue weighted by atomic mass is 16.5. The van der Waals surface area contributed by atoms with Crippen molar-refractivity contribution in [2.45, 2.75) is 38.7 Å². The van der Waals surface area contributed by atoms with Crippen LogP contribution in [0.4, 0.5) is 0 Å². The molecule has 1 saturated heterocycles. The van der Waals surface area contributed by atoms with Crippen LogP contribution >= 0.6 is 0 Å². The second-order valence-corrected chi connectivity index (χ2v) is 8.12. The minimum absolute atomic E-state index is 0.0196. The maximum absolute atomic E-state index is 12.9. The molecule has 138 valence electrons. The number of ether oxygens (including phenoxy) is 1. The molecule has 0 unspecified atom stereocenters. The molecule has 1 fully saturated rings. The summed E-state index contributed by atoms with van der Waals surface area (Å²) in [5.74, 6) is 0.753. The smallest absolute Gasteiger partial charge is 0.257 e. The molecule has 1 aromatic carbocycles. The van der Waals surface area contributed by atoms with Gasteiger partial charge in [-0.2, -0.15) is 5.10 Å². The second-order valence-electron chi connectivity index (χ2n) is 8.12. The monoisotopic (exact) mass is 355 g/mol. The molecule has 1 atom stereocenters. The first-order chi connectivity index (χ1) is 12.3. The number of carbonyl (C=O) groups is 1. The molecule has 0 radical (unpaired) electrons. The van der Waals surface area contributed by atoms with Crippen molar-refractivity contribution < 1.29 is 14.6 Å². The summed E-state index contributed by atoms with van der Waals surface area (Å²) in [5, 5.41) is 14.8. The lowest BCUT2D eigenvalue weighted by Crippen LogP contribution is -2.29. The maximum Gasteiger partial charge on any atom is 0.257 e. The van der Waals surface area contributed by atoms with Crippen molar-refractivity contribution in [3.63, 3.8) is 0 Å². The lowest BCUT2D eigenvalue weighted by atomic mass is 10.00. The van der Waals surface area contributed by atoms with Crippen LogP contribution in [0, 0.1) is 5.92 Å². The fourth-order valence-electron chi connectivity index (χ4n) is 4.07. The van der Waals surface area contributed by atoms with Crippen molar-refractivity contribution in [2.24, 2.45) is 13.0 Å². The molecule has 0 saturated carbocycles. The summed E-state index contributed by atoms with van der Waals surface area (Å²) in [6, 6.07) is 3.63. The number of phenolic OH excluding ortho intramolecular Hbond substituents is 1. The second kappa shape index (κ2) is 6.04. The predicted molar refractivity (Wildman–Crippen MR) is 97.4 cm³/mol. The zero-order valence-electron chi connectivity index (χ0n) is 15.5. The third-order valence-corrected chi connectivity index (χ3v) is 5.29. The summed E-state index contributed by atoms with van der Waals surface area (Å²) < 4.78 is 7.65. The van der Waals surface area contributed by atoms with E-state index in [-0.39, 0.29) is 17.3 Å². The van der Waals surface area contributed by atoms with Gasteiger partial charge >= 0.3 is 0 Å². The molecule has 2 aliphatic rings. The molecule has 0 aliphatic carbocycles. The Bertz CT molecular complexity index is 856. The number of rotatable bonds is 3. The van der Waals surface area contributed by atoms with E-state index in [1.54, 1.807) is 10.7 Å². The van der Waals surface area contributed by atoms with Gasteiger partial charge < -0.3 is 14.7 Å². The van der Waals surface area contributed by atoms with E-state index in [2.05, 4.69) is 5.10 Å². The van der Waals surface area contributed by atoms with E-state index in [4.69, 9.17) is 4.74 Å². The van der Waals surface area contributed by atoms with Crippen molar-refractivity contribution in [1.82, 2.24) is 14.7 Å². The number of aryl methyl sites for hydroxylation is 1. The van der Waals surface area contributed by atoms with Crippen LogP contribution in [-0.4, -0.2) is 44.4 Å². The van der Waals surface area contributed by atoms with Gasteiger partial charge in [-0.15, -0.1) is 0 Å². The summed E-state index contributed by atoms with van der Waals surface area (Å²) in [7, 11) is 1.91. The molecule has 1 N–H and O–H groups in total. The zero-order chi connectivity index (χ0) is 18.5. The van der Waals surface area contributed by atoms with E-state index in [1.165, 1.54) is 5.56 Å². The number of fused-ring (bicyclic) bond motifs is 1. The number of benzene rings is 1. The molecule has 2 aromatic rings. The van der Waals surface area contributed by atoms with Crippen molar-refractivity contribution >= 4 is 5.91 Å². The van der Waals surface area contributed by atoms with Crippen LogP contribution in [0.5, 0.6) is 11.5 Å². The van der Waals surface area contributed by atoms with Crippen LogP contribution < -0.4 is 4.74 Å². The Morgan fingerprint density at radius 1 is 1.42 bits per heavy atom. The van der Waals surface area contributed by atoms with Gasteiger partial charge in [-0.1, -0.05) is 6.07 Å². The Hall–Kier alpha value is -2.50. The molecule has 4 rings (SSSR count). The summed E-state index contributed by atoms with van der Waals surface area (Å²) in [4.78, 5) is 14.8. The average molecular weight is 355 g/mol. The van der Waals surface area contributed by atoms with Gasteiger partial charge in [-0.05, 0) is 44.2 Å². The normalized spacial score (nSPS) is 20.9. The fourth-order valence-corrected chi connectivity index (χ4v) is 4.07. The third-order valence-electron chi connectivity index (χ3n) is 5.29. The van der Waals surface area contributed by atoms with E-state index < -0.39 is 0 Å². The van der Waals surface area contributed by atoms with Gasteiger partial charge in [0.1, 0.15) is 5.60 Å². The van der Waals surface area contributed by atoms with Crippen LogP contribution in [0.25, 0.3) is 0 Å². The number of hydrogen-bond acceptors (Lipinski definition) is 4. The number of amides is 1. The zero-order valence-corrected chi connectivity index (χ0v) is 15.5. The van der Waals surface area contributed by atoms with Gasteiger partial charge in [0, 0.05) is 38.3 Å². The van der Waals surface area contributed by atoms with Crippen LogP contribution in [0.2, 0.25) is 0 Å². The van der Waals surface area contributed by atoms with E-state index in [0.717, 1.165) is 24.8 Å². The lowest BCUT2D eigenvalue weighted by molar-refractivity contribution is 0.0781. The predicted octanol–water partition coefficient (Wildman–Crippen LogP) is 2.54. The Labute approximate surface area is 153 Å². The third kappa shape index (κ3) is 3.04. The minimum Gasteiger partial charge on any atom is -0.504 e. The standard InChI is InChI=1S/C20H25N3O3/c1-20(2)9-15-4-5-16(17(24)18(15)26-20)19(25)23-7-6-13(12-23)8-14-10-21-22(3)11-14/h4-5,10-11,13,24H,6-9,12H2,1-3H3/t13-/m0/s1. The first-order valence-electron chi connectivity index (χ1n) is 9.13. The molecule has 6 nitrogen and oxygen atoms in total. The first kappa shape index (κ1) is 16.9. The van der Waals surface area contributed by atoms with E-state index in [1.807, 2.05) is 44.3 Å². The molecular formula is C20H25N3O3. The highest BCUT2D eigenvalue weighted by molar-refractivity contribution is 5.98. The van der Waals surface area contributed by atoms with Crippen LogP contribution in [0.1, 0.15) is 41.8 Å². The largest absolute Gasteiger partial charge is 0.504 e. The Balaban J connectivity index is 1.47. The summed E-state index contributed by atoms with van der Waals surface area (Å²) in [6.45, 7) is 5.39. The van der Waals surface area contributed by atoms with Gasteiger partial charge in [0.05, 0.1) is 11.8 Å². The molecule has 0 bridgehead atoms. The van der Waals surface area contributed by atoms with Gasteiger partial charge in [0.25, 0.3) is 5.91 Å². The molecule has 1 aromatic heterocycles. The fraction of sp³-hybridized carbons (Fsp3) is 0.500. The summed E-state index contributed by atoms with van der Waals surface area (Å²) in [5.41, 5.74) is 2.15. The molecule has 2 aliphatic heterocycles. The van der Waals surface area contributed by atoms with Crippen LogP contribution in [-0.2, 0) is 19.9 Å². The first-order valence-corrected chi connectivity index (χ1v) is 9.13. The number of hydrogen-bond donors (Lipinski definition) is 1. The maximum atomic E-state index is 12.9. The highest BCUT2D eigenvalue weighted by Crippen LogP contribution is 2.43. The molecule has 26 heavy (non-hydrogen) atoms. The van der Waals surface area contributed by atoms with Crippen LogP contribution in [0.3, 0.4) is 0 Å². The Morgan fingerprint density at radius 3 is 2.96 bits per heavy atom. The number of likely N-dealkylation sites (tertiary alicyclic amines) is 1. The van der Waals surface area contributed by atoms with Crippen molar-refractivity contribution in [3.05, 3.63) is 41.2 Å². The Kier molecular flexibility index (Phi) is 3.93. The van der Waals surface area contributed by atoms with Crippen molar-refractivity contribution in [2.75, 3.05) is 13.1 Å². The quantitative estimate of drug-likeness (QED) is 0.919. The average Bonchev–Trinajstić information content (AvgIpc) is 3.26. The van der Waals surface area contributed by atoms with Gasteiger partial charge in [0.2, 0.25) is 0 Å². The molecule has 3 heterocycles. The molecule has 6 heteroatoms. The highest BCUT2D eigenvalue weighted by Gasteiger charge is 2.35. The van der Waals surface area contributed by atoms with E-state index in [9.17, 15) is 9.90 Å². The number of carbonyl (C=O) groups excluding carboxylic acids is 1. The summed E-state index contributed by atoms with van der Waals surface area (Å²) >= 11 is 0. The van der Waals surface area contributed by atoms with Crippen molar-refractivity contribution in [1.29, 1.82) is 0 Å². The van der Waals surface area contributed by atoms with E-state index >= 15 is 0 Å². The van der Waals surface area contributed by atoms with Gasteiger partial charge in [-0.3, -0.25) is 9.48 Å². The molecule has 0 spiro atoms. The van der Waals surface area contributed by atoms with Crippen molar-refractivity contribution in [3.8, 4) is 11.5 Å². The summed E-state index contributed by atoms with van der Waals surface area (Å²) in [6.07, 6.45) is 6.54. The van der Waals surface area contributed by atoms with Crippen LogP contribution in [0.15, 0.2) is 24.5 Å². The molecule has 1 amide bonds. The lowest BCUT2D eigenvalue weighted by Gasteiger charge is -2.19. The number of phenols is 1. The Morgan fingerprint density at radius 2 is 2.23 bits per heavy atom.